The average Bonchev–Trinajstić information content (AvgIpc) is 3.03. The van der Waals surface area contributed by atoms with Gasteiger partial charge in [-0.1, -0.05) is 11.6 Å². The number of hydrogen-bond donors (Lipinski definition) is 2. The van der Waals surface area contributed by atoms with Gasteiger partial charge in [-0.3, -0.25) is 9.59 Å². The molecule has 1 aromatic carbocycles. The summed E-state index contributed by atoms with van der Waals surface area (Å²) < 4.78 is 5.39. The molecule has 2 N–H and O–H groups in total. The van der Waals surface area contributed by atoms with Gasteiger partial charge in [-0.05, 0) is 30.7 Å². The van der Waals surface area contributed by atoms with Gasteiger partial charge in [-0.2, -0.15) is 0 Å². The summed E-state index contributed by atoms with van der Waals surface area (Å²) in [6, 6.07) is 8.36. The number of halogens is 1. The van der Waals surface area contributed by atoms with Crippen LogP contribution in [-0.4, -0.2) is 37.1 Å². The van der Waals surface area contributed by atoms with E-state index in [9.17, 15) is 9.59 Å². The van der Waals surface area contributed by atoms with Crippen LogP contribution < -0.4 is 20.5 Å². The summed E-state index contributed by atoms with van der Waals surface area (Å²) in [5, 5.41) is 3.61. The summed E-state index contributed by atoms with van der Waals surface area (Å²) in [4.78, 5) is 28.2. The van der Waals surface area contributed by atoms with Crippen LogP contribution in [0.5, 0.6) is 5.75 Å². The Bertz CT molecular complexity index is 806. The SMILES string of the molecule is COc1ccc(Cl)cc1N1CC[C@@H](NC(=O)c2cc[nH]c(=O)c2)C1. The number of nitrogens with one attached hydrogen (secondary N) is 2. The van der Waals surface area contributed by atoms with E-state index in [0.29, 0.717) is 17.1 Å². The van der Waals surface area contributed by atoms with Gasteiger partial charge in [0.25, 0.3) is 5.91 Å². The number of anilines is 1. The van der Waals surface area contributed by atoms with Crippen LogP contribution in [0.25, 0.3) is 0 Å². The lowest BCUT2D eigenvalue weighted by Crippen LogP contribution is -2.37. The van der Waals surface area contributed by atoms with Crippen molar-refractivity contribution in [2.24, 2.45) is 0 Å². The number of H-pyrrole nitrogens is 1. The Morgan fingerprint density at radius 3 is 2.96 bits per heavy atom. The standard InChI is InChI=1S/C17H18ClN3O3/c1-24-15-3-2-12(18)9-14(15)21-7-5-13(10-21)20-17(23)11-4-6-19-16(22)8-11/h2-4,6,8-9,13H,5,7,10H2,1H3,(H,19,22)(H,20,23)/t13-/m1/s1. The zero-order chi connectivity index (χ0) is 17.1. The molecule has 3 rings (SSSR count). The molecule has 0 saturated carbocycles. The minimum atomic E-state index is -0.292. The Labute approximate surface area is 144 Å². The van der Waals surface area contributed by atoms with E-state index in [1.54, 1.807) is 19.2 Å². The molecule has 1 aliphatic rings. The third kappa shape index (κ3) is 3.54. The van der Waals surface area contributed by atoms with Crippen molar-refractivity contribution in [2.75, 3.05) is 25.1 Å². The lowest BCUT2D eigenvalue weighted by Gasteiger charge is -2.21. The second kappa shape index (κ2) is 6.97. The number of rotatable bonds is 4. The van der Waals surface area contributed by atoms with E-state index in [1.165, 1.54) is 12.3 Å². The molecule has 6 nitrogen and oxygen atoms in total. The molecule has 24 heavy (non-hydrogen) atoms. The molecule has 0 bridgehead atoms. The van der Waals surface area contributed by atoms with Crippen molar-refractivity contribution in [3.8, 4) is 5.75 Å². The molecule has 0 aliphatic carbocycles. The van der Waals surface area contributed by atoms with E-state index < -0.39 is 0 Å². The molecule has 2 heterocycles. The van der Waals surface area contributed by atoms with E-state index >= 15 is 0 Å². The van der Waals surface area contributed by atoms with Gasteiger partial charge >= 0.3 is 0 Å². The quantitative estimate of drug-likeness (QED) is 0.887. The number of aromatic nitrogens is 1. The molecular weight excluding hydrogens is 330 g/mol. The highest BCUT2D eigenvalue weighted by Gasteiger charge is 2.26. The van der Waals surface area contributed by atoms with Gasteiger partial charge < -0.3 is 19.9 Å². The number of carbonyl (C=O) groups is 1. The number of ether oxygens (including phenoxy) is 1. The summed E-state index contributed by atoms with van der Waals surface area (Å²) in [6.07, 6.45) is 2.28. The van der Waals surface area contributed by atoms with Gasteiger partial charge in [0, 0.05) is 42.0 Å². The maximum absolute atomic E-state index is 12.2. The lowest BCUT2D eigenvalue weighted by molar-refractivity contribution is 0.0940. The summed E-state index contributed by atoms with van der Waals surface area (Å²) in [5.74, 6) is 0.506. The first-order valence-electron chi connectivity index (χ1n) is 7.65. The van der Waals surface area contributed by atoms with E-state index in [0.717, 1.165) is 24.4 Å². The molecule has 1 fully saturated rings. The van der Waals surface area contributed by atoms with E-state index in [-0.39, 0.29) is 17.5 Å². The number of aromatic amines is 1. The van der Waals surface area contributed by atoms with E-state index in [4.69, 9.17) is 16.3 Å². The van der Waals surface area contributed by atoms with Crippen LogP contribution in [0, 0.1) is 0 Å². The van der Waals surface area contributed by atoms with Crippen LogP contribution in [0.2, 0.25) is 5.02 Å². The molecular formula is C17H18ClN3O3. The monoisotopic (exact) mass is 347 g/mol. The molecule has 1 amide bonds. The topological polar surface area (TPSA) is 74.4 Å². The zero-order valence-corrected chi connectivity index (χ0v) is 14.0. The van der Waals surface area contributed by atoms with Crippen LogP contribution in [0.4, 0.5) is 5.69 Å². The van der Waals surface area contributed by atoms with E-state index in [2.05, 4.69) is 15.2 Å². The zero-order valence-electron chi connectivity index (χ0n) is 13.2. The molecule has 126 valence electrons. The second-order valence-electron chi connectivity index (χ2n) is 5.66. The van der Waals surface area contributed by atoms with Gasteiger partial charge in [0.2, 0.25) is 5.56 Å². The van der Waals surface area contributed by atoms with Crippen molar-refractivity contribution in [2.45, 2.75) is 12.5 Å². The number of nitrogens with zero attached hydrogens (tertiary/aromatic N) is 1. The Morgan fingerprint density at radius 1 is 1.38 bits per heavy atom. The molecule has 0 spiro atoms. The first-order valence-corrected chi connectivity index (χ1v) is 8.02. The highest BCUT2D eigenvalue weighted by Crippen LogP contribution is 2.33. The molecule has 1 atom stereocenters. The maximum Gasteiger partial charge on any atom is 0.251 e. The molecule has 7 heteroatoms. The maximum atomic E-state index is 12.2. The fourth-order valence-electron chi connectivity index (χ4n) is 2.86. The largest absolute Gasteiger partial charge is 0.495 e. The second-order valence-corrected chi connectivity index (χ2v) is 6.10. The van der Waals surface area contributed by atoms with Gasteiger partial charge in [-0.25, -0.2) is 0 Å². The first kappa shape index (κ1) is 16.4. The number of pyridine rings is 1. The highest BCUT2D eigenvalue weighted by molar-refractivity contribution is 6.30. The number of amides is 1. The fraction of sp³-hybridized carbons (Fsp3) is 0.294. The first-order chi connectivity index (χ1) is 11.6. The van der Waals surface area contributed by atoms with Crippen molar-refractivity contribution < 1.29 is 9.53 Å². The van der Waals surface area contributed by atoms with Crippen molar-refractivity contribution in [3.63, 3.8) is 0 Å². The molecule has 1 aliphatic heterocycles. The van der Waals surface area contributed by atoms with Crippen LogP contribution in [0.3, 0.4) is 0 Å². The van der Waals surface area contributed by atoms with Gasteiger partial charge in [0.15, 0.2) is 0 Å². The number of carbonyl (C=O) groups excluding carboxylic acids is 1. The Kier molecular flexibility index (Phi) is 4.76. The number of benzene rings is 1. The highest BCUT2D eigenvalue weighted by atomic mass is 35.5. The Hall–Kier alpha value is -2.47. The molecule has 2 aromatic rings. The third-order valence-corrected chi connectivity index (χ3v) is 4.28. The van der Waals surface area contributed by atoms with Crippen LogP contribution in [-0.2, 0) is 0 Å². The van der Waals surface area contributed by atoms with E-state index in [1.807, 2.05) is 12.1 Å². The summed E-state index contributed by atoms with van der Waals surface area (Å²) in [7, 11) is 1.62. The van der Waals surface area contributed by atoms with Gasteiger partial charge in [0.05, 0.1) is 12.8 Å². The summed E-state index contributed by atoms with van der Waals surface area (Å²) >= 11 is 6.08. The van der Waals surface area contributed by atoms with Crippen LogP contribution in [0.15, 0.2) is 41.3 Å². The van der Waals surface area contributed by atoms with Crippen LogP contribution in [0.1, 0.15) is 16.8 Å². The minimum Gasteiger partial charge on any atom is -0.495 e. The molecule has 0 radical (unpaired) electrons. The minimum absolute atomic E-state index is 0.000440. The fourth-order valence-corrected chi connectivity index (χ4v) is 3.03. The van der Waals surface area contributed by atoms with Gasteiger partial charge in [0.1, 0.15) is 5.75 Å². The molecule has 0 unspecified atom stereocenters. The average molecular weight is 348 g/mol. The van der Waals surface area contributed by atoms with Crippen molar-refractivity contribution in [3.05, 3.63) is 57.5 Å². The normalized spacial score (nSPS) is 16.9. The predicted octanol–water partition coefficient (Wildman–Crippen LogP) is 2.05. The Morgan fingerprint density at radius 2 is 2.21 bits per heavy atom. The van der Waals surface area contributed by atoms with Crippen LogP contribution >= 0.6 is 11.6 Å². The van der Waals surface area contributed by atoms with Crippen molar-refractivity contribution in [1.82, 2.24) is 10.3 Å². The Balaban J connectivity index is 1.69. The third-order valence-electron chi connectivity index (χ3n) is 4.04. The predicted molar refractivity (Wildman–Crippen MR) is 93.2 cm³/mol. The lowest BCUT2D eigenvalue weighted by atomic mass is 10.2. The van der Waals surface area contributed by atoms with Crippen molar-refractivity contribution in [1.29, 1.82) is 0 Å². The smallest absolute Gasteiger partial charge is 0.251 e. The van der Waals surface area contributed by atoms with Crippen molar-refractivity contribution >= 4 is 23.2 Å². The number of hydrogen-bond acceptors (Lipinski definition) is 4. The molecule has 1 aromatic heterocycles. The summed E-state index contributed by atoms with van der Waals surface area (Å²) in [6.45, 7) is 1.45. The molecule has 1 saturated heterocycles. The number of methoxy groups -OCH3 is 1. The summed E-state index contributed by atoms with van der Waals surface area (Å²) in [5.41, 5.74) is 0.981. The van der Waals surface area contributed by atoms with Gasteiger partial charge in [-0.15, -0.1) is 0 Å².